The highest BCUT2D eigenvalue weighted by atomic mass is 16.6. The van der Waals surface area contributed by atoms with E-state index in [-0.39, 0.29) is 42.8 Å². The van der Waals surface area contributed by atoms with Gasteiger partial charge in [0.05, 0.1) is 26.4 Å². The second-order valence-corrected chi connectivity index (χ2v) is 10.6. The summed E-state index contributed by atoms with van der Waals surface area (Å²) in [6.45, 7) is 4.17. The van der Waals surface area contributed by atoms with Gasteiger partial charge in [-0.15, -0.1) is 0 Å². The molecule has 0 bridgehead atoms. The monoisotopic (exact) mass is 599 g/mol. The molecule has 2 N–H and O–H groups in total. The normalized spacial score (nSPS) is 17.9. The zero-order valence-electron chi connectivity index (χ0n) is 25.3. The molecule has 0 radical (unpaired) electrons. The van der Waals surface area contributed by atoms with E-state index >= 15 is 0 Å². The molecule has 5 rings (SSSR count). The molecule has 0 saturated carbocycles. The lowest BCUT2D eigenvalue weighted by Gasteiger charge is -2.37. The molecular formula is C35H37NO8. The van der Waals surface area contributed by atoms with Gasteiger partial charge in [-0.25, -0.2) is 4.79 Å². The van der Waals surface area contributed by atoms with E-state index in [1.807, 2.05) is 62.4 Å². The molecule has 9 heteroatoms. The van der Waals surface area contributed by atoms with Crippen molar-refractivity contribution in [1.82, 2.24) is 5.32 Å². The fourth-order valence-electron chi connectivity index (χ4n) is 5.86. The number of nitrogens with one attached hydrogen (secondary N) is 1. The van der Waals surface area contributed by atoms with Crippen molar-refractivity contribution in [3.8, 4) is 28.7 Å². The number of Topliss-reactive ketones (excluding diaryl/α,β-unsaturated/α-hetero) is 1. The number of para-hydroxylation sites is 1. The van der Waals surface area contributed by atoms with Crippen molar-refractivity contribution < 1.29 is 38.4 Å². The Hall–Kier alpha value is -4.92. The van der Waals surface area contributed by atoms with Crippen LogP contribution in [0.15, 0.2) is 89.3 Å². The fourth-order valence-corrected chi connectivity index (χ4v) is 5.86. The maximum Gasteiger partial charge on any atom is 0.336 e. The Morgan fingerprint density at radius 2 is 1.61 bits per heavy atom. The van der Waals surface area contributed by atoms with Crippen LogP contribution in [-0.2, 0) is 14.3 Å². The molecule has 1 aliphatic heterocycles. The van der Waals surface area contributed by atoms with Crippen molar-refractivity contribution in [2.24, 2.45) is 0 Å². The van der Waals surface area contributed by atoms with Crippen molar-refractivity contribution in [2.45, 2.75) is 38.5 Å². The van der Waals surface area contributed by atoms with Gasteiger partial charge in [0.15, 0.2) is 28.8 Å². The number of dihydropyridines is 1. The van der Waals surface area contributed by atoms with E-state index in [0.717, 1.165) is 11.3 Å². The second-order valence-electron chi connectivity index (χ2n) is 10.6. The first-order valence-electron chi connectivity index (χ1n) is 14.6. The molecule has 230 valence electrons. The van der Waals surface area contributed by atoms with Crippen LogP contribution in [0.3, 0.4) is 0 Å². The standard InChI is InChI=1S/C35H37NO8/c1-5-42-30-20-23(11-13-27(30)37)33-32(35(39)44-16-15-43-25-9-7-6-8-10-25)21(2)36-26-17-24(18-28(38)34(26)33)22-12-14-29(40-3)31(19-22)41-4/h6-14,19-20,24,33,36-37H,5,15-18H2,1-4H3/t24-,33-/m0/s1. The number of carbonyl (C=O) groups is 2. The molecule has 0 saturated heterocycles. The molecule has 1 heterocycles. The molecular weight excluding hydrogens is 562 g/mol. The van der Waals surface area contributed by atoms with Gasteiger partial charge in [0, 0.05) is 29.3 Å². The maximum absolute atomic E-state index is 14.0. The topological polar surface area (TPSA) is 113 Å². The Bertz CT molecular complexity index is 1590. The first-order chi connectivity index (χ1) is 21.3. The smallest absolute Gasteiger partial charge is 0.336 e. The minimum atomic E-state index is -0.715. The van der Waals surface area contributed by atoms with Crippen LogP contribution >= 0.6 is 0 Å². The zero-order valence-corrected chi connectivity index (χ0v) is 25.3. The van der Waals surface area contributed by atoms with Crippen molar-refractivity contribution in [2.75, 3.05) is 34.0 Å². The number of phenolic OH excluding ortho intramolecular Hbond substituents is 1. The quantitative estimate of drug-likeness (QED) is 0.209. The predicted molar refractivity (Wildman–Crippen MR) is 164 cm³/mol. The highest BCUT2D eigenvalue weighted by molar-refractivity contribution is 6.04. The van der Waals surface area contributed by atoms with Crippen LogP contribution < -0.4 is 24.3 Å². The van der Waals surface area contributed by atoms with Crippen LogP contribution in [0.4, 0.5) is 0 Å². The predicted octanol–water partition coefficient (Wildman–Crippen LogP) is 5.79. The fraction of sp³-hybridized carbons (Fsp3) is 0.314. The molecule has 0 aromatic heterocycles. The summed E-state index contributed by atoms with van der Waals surface area (Å²) in [7, 11) is 3.16. The largest absolute Gasteiger partial charge is 0.504 e. The average Bonchev–Trinajstić information content (AvgIpc) is 3.03. The Morgan fingerprint density at radius 1 is 0.886 bits per heavy atom. The molecule has 3 aromatic rings. The Labute approximate surface area is 257 Å². The van der Waals surface area contributed by atoms with E-state index < -0.39 is 11.9 Å². The first-order valence-corrected chi connectivity index (χ1v) is 14.6. The summed E-state index contributed by atoms with van der Waals surface area (Å²) in [4.78, 5) is 27.7. The van der Waals surface area contributed by atoms with Crippen molar-refractivity contribution >= 4 is 11.8 Å². The number of carbonyl (C=O) groups excluding carboxylic acids is 2. The van der Waals surface area contributed by atoms with Crippen molar-refractivity contribution in [3.05, 3.63) is 100 Å². The summed E-state index contributed by atoms with van der Waals surface area (Å²) in [6.07, 6.45) is 0.795. The van der Waals surface area contributed by atoms with E-state index in [2.05, 4.69) is 5.32 Å². The molecule has 44 heavy (non-hydrogen) atoms. The molecule has 0 amide bonds. The molecule has 3 aromatic carbocycles. The van der Waals surface area contributed by atoms with Crippen LogP contribution in [0.25, 0.3) is 0 Å². The summed E-state index contributed by atoms with van der Waals surface area (Å²) in [5, 5.41) is 13.8. The van der Waals surface area contributed by atoms with Gasteiger partial charge < -0.3 is 34.1 Å². The lowest BCUT2D eigenvalue weighted by Crippen LogP contribution is -2.36. The van der Waals surface area contributed by atoms with Crippen LogP contribution in [0, 0.1) is 0 Å². The highest BCUT2D eigenvalue weighted by Gasteiger charge is 2.42. The Morgan fingerprint density at radius 3 is 2.34 bits per heavy atom. The number of hydrogen-bond donors (Lipinski definition) is 2. The number of aromatic hydroxyl groups is 1. The van der Waals surface area contributed by atoms with Gasteiger partial charge >= 0.3 is 5.97 Å². The first kappa shape index (κ1) is 30.5. The lowest BCUT2D eigenvalue weighted by atomic mass is 9.71. The number of phenols is 1. The number of hydrogen-bond acceptors (Lipinski definition) is 9. The van der Waals surface area contributed by atoms with E-state index in [9.17, 15) is 14.7 Å². The van der Waals surface area contributed by atoms with Gasteiger partial charge in [-0.2, -0.15) is 0 Å². The third-order valence-corrected chi connectivity index (χ3v) is 7.87. The molecule has 1 aliphatic carbocycles. The number of ether oxygens (including phenoxy) is 5. The minimum Gasteiger partial charge on any atom is -0.504 e. The zero-order chi connectivity index (χ0) is 31.2. The second kappa shape index (κ2) is 13.6. The van der Waals surface area contributed by atoms with E-state index in [1.54, 1.807) is 26.4 Å². The Kier molecular flexibility index (Phi) is 9.43. The minimum absolute atomic E-state index is 0.0230. The van der Waals surface area contributed by atoms with Gasteiger partial charge in [-0.1, -0.05) is 30.3 Å². The van der Waals surface area contributed by atoms with E-state index in [1.165, 1.54) is 6.07 Å². The van der Waals surface area contributed by atoms with Gasteiger partial charge in [-0.3, -0.25) is 4.79 Å². The SMILES string of the molecule is CCOc1cc([C@H]2C(C(=O)OCCOc3ccccc3)=C(C)NC3=C2C(=O)C[C@@H](c2ccc(OC)c(OC)c2)C3)ccc1O. The van der Waals surface area contributed by atoms with Crippen LogP contribution in [0.5, 0.6) is 28.7 Å². The number of esters is 1. The molecule has 9 nitrogen and oxygen atoms in total. The van der Waals surface area contributed by atoms with Crippen molar-refractivity contribution in [1.29, 1.82) is 0 Å². The van der Waals surface area contributed by atoms with Gasteiger partial charge in [0.1, 0.15) is 19.0 Å². The third kappa shape index (κ3) is 6.37. The summed E-state index contributed by atoms with van der Waals surface area (Å²) >= 11 is 0. The molecule has 2 aliphatic rings. The number of rotatable bonds is 11. The maximum atomic E-state index is 14.0. The number of methoxy groups -OCH3 is 2. The summed E-state index contributed by atoms with van der Waals surface area (Å²) in [6, 6.07) is 19.9. The Balaban J connectivity index is 1.47. The van der Waals surface area contributed by atoms with Crippen LogP contribution in [0.1, 0.15) is 49.7 Å². The van der Waals surface area contributed by atoms with Crippen LogP contribution in [-0.4, -0.2) is 50.9 Å². The van der Waals surface area contributed by atoms with E-state index in [0.29, 0.717) is 52.7 Å². The summed E-state index contributed by atoms with van der Waals surface area (Å²) < 4.78 is 27.9. The molecule has 2 atom stereocenters. The summed E-state index contributed by atoms with van der Waals surface area (Å²) in [5.41, 5.74) is 3.77. The number of ketones is 1. The van der Waals surface area contributed by atoms with Crippen LogP contribution in [0.2, 0.25) is 0 Å². The van der Waals surface area contributed by atoms with Gasteiger partial charge in [0.25, 0.3) is 0 Å². The third-order valence-electron chi connectivity index (χ3n) is 7.87. The highest BCUT2D eigenvalue weighted by Crippen LogP contribution is 2.47. The molecule has 0 spiro atoms. The van der Waals surface area contributed by atoms with Gasteiger partial charge in [0.2, 0.25) is 0 Å². The molecule has 0 fully saturated rings. The van der Waals surface area contributed by atoms with Crippen molar-refractivity contribution in [3.63, 3.8) is 0 Å². The average molecular weight is 600 g/mol. The number of allylic oxidation sites excluding steroid dienone is 3. The van der Waals surface area contributed by atoms with Gasteiger partial charge in [-0.05, 0) is 73.7 Å². The lowest BCUT2D eigenvalue weighted by molar-refractivity contribution is -0.140. The number of benzene rings is 3. The summed E-state index contributed by atoms with van der Waals surface area (Å²) in [5.74, 6) is 0.680. The van der Waals surface area contributed by atoms with E-state index in [4.69, 9.17) is 23.7 Å². The molecule has 0 unspecified atom stereocenters.